The lowest BCUT2D eigenvalue weighted by molar-refractivity contribution is 0.0283. The smallest absolute Gasteiger partial charge is 0.191 e. The molecule has 6 nitrogen and oxygen atoms in total. The van der Waals surface area contributed by atoms with E-state index in [9.17, 15) is 0 Å². The minimum atomic E-state index is -0.133. The monoisotopic (exact) mass is 362 g/mol. The molecule has 1 saturated heterocycles. The molecule has 1 aromatic rings. The third-order valence-electron chi connectivity index (χ3n) is 4.80. The summed E-state index contributed by atoms with van der Waals surface area (Å²) in [6.07, 6.45) is 2.18. The third kappa shape index (κ3) is 5.61. The van der Waals surface area contributed by atoms with E-state index in [1.165, 1.54) is 0 Å². The standard InChI is InChI=1S/C20H34N4O2/c1-6-21-19(23-15-20(2)12-9-13-26-20)22-14-17(24(3)4)16-10-7-8-11-18(16)25-5/h7-8,10-11,17H,6,9,12-15H2,1-5H3,(H2,21,22,23). The molecule has 2 rings (SSSR count). The van der Waals surface area contributed by atoms with Gasteiger partial charge in [0.1, 0.15) is 5.75 Å². The quantitative estimate of drug-likeness (QED) is 0.549. The number of hydrogen-bond donors (Lipinski definition) is 2. The summed E-state index contributed by atoms with van der Waals surface area (Å²) in [5, 5.41) is 6.81. The van der Waals surface area contributed by atoms with Crippen molar-refractivity contribution >= 4 is 5.96 Å². The Morgan fingerprint density at radius 2 is 2.12 bits per heavy atom. The van der Waals surface area contributed by atoms with Gasteiger partial charge in [-0.1, -0.05) is 18.2 Å². The molecule has 0 amide bonds. The second-order valence-electron chi connectivity index (χ2n) is 7.20. The molecule has 1 aliphatic rings. The van der Waals surface area contributed by atoms with E-state index in [-0.39, 0.29) is 11.6 Å². The summed E-state index contributed by atoms with van der Waals surface area (Å²) in [5.74, 6) is 1.73. The number of rotatable bonds is 8. The summed E-state index contributed by atoms with van der Waals surface area (Å²) in [6, 6.07) is 8.34. The zero-order chi connectivity index (χ0) is 19.0. The minimum Gasteiger partial charge on any atom is -0.496 e. The number of hydrogen-bond acceptors (Lipinski definition) is 4. The van der Waals surface area contributed by atoms with Gasteiger partial charge < -0.3 is 25.0 Å². The summed E-state index contributed by atoms with van der Waals surface area (Å²) in [5.41, 5.74) is 1.03. The van der Waals surface area contributed by atoms with Gasteiger partial charge in [0.05, 0.1) is 25.3 Å². The van der Waals surface area contributed by atoms with Crippen LogP contribution >= 0.6 is 0 Å². The van der Waals surface area contributed by atoms with Crippen LogP contribution in [0.3, 0.4) is 0 Å². The van der Waals surface area contributed by atoms with Crippen LogP contribution in [-0.2, 0) is 4.74 Å². The molecule has 146 valence electrons. The van der Waals surface area contributed by atoms with Gasteiger partial charge in [-0.2, -0.15) is 0 Å². The molecule has 2 unspecified atom stereocenters. The van der Waals surface area contributed by atoms with E-state index in [4.69, 9.17) is 14.5 Å². The Labute approximate surface area is 158 Å². The topological polar surface area (TPSA) is 58.1 Å². The molecule has 26 heavy (non-hydrogen) atoms. The van der Waals surface area contributed by atoms with Gasteiger partial charge in [0.2, 0.25) is 0 Å². The van der Waals surface area contributed by atoms with Crippen molar-refractivity contribution in [1.29, 1.82) is 0 Å². The van der Waals surface area contributed by atoms with Crippen LogP contribution in [0.1, 0.15) is 38.3 Å². The van der Waals surface area contributed by atoms with Crippen molar-refractivity contribution in [3.63, 3.8) is 0 Å². The lowest BCUT2D eigenvalue weighted by Crippen LogP contribution is -2.43. The highest BCUT2D eigenvalue weighted by Crippen LogP contribution is 2.27. The highest BCUT2D eigenvalue weighted by Gasteiger charge is 2.29. The first kappa shape index (κ1) is 20.5. The number of para-hydroxylation sites is 1. The van der Waals surface area contributed by atoms with E-state index in [0.717, 1.165) is 49.8 Å². The van der Waals surface area contributed by atoms with E-state index in [2.05, 4.69) is 49.5 Å². The van der Waals surface area contributed by atoms with E-state index < -0.39 is 0 Å². The van der Waals surface area contributed by atoms with Gasteiger partial charge in [0, 0.05) is 25.3 Å². The lowest BCUT2D eigenvalue weighted by Gasteiger charge is -2.27. The van der Waals surface area contributed by atoms with Gasteiger partial charge in [0.25, 0.3) is 0 Å². The maximum Gasteiger partial charge on any atom is 0.191 e. The Morgan fingerprint density at radius 1 is 1.35 bits per heavy atom. The maximum absolute atomic E-state index is 5.85. The summed E-state index contributed by atoms with van der Waals surface area (Å²) in [7, 11) is 5.87. The van der Waals surface area contributed by atoms with Crippen LogP contribution in [0.2, 0.25) is 0 Å². The van der Waals surface area contributed by atoms with Crippen molar-refractivity contribution in [3.05, 3.63) is 29.8 Å². The molecule has 0 aromatic heterocycles. The Hall–Kier alpha value is -1.79. The molecule has 0 saturated carbocycles. The van der Waals surface area contributed by atoms with Crippen molar-refractivity contribution in [2.75, 3.05) is 47.4 Å². The summed E-state index contributed by atoms with van der Waals surface area (Å²) in [4.78, 5) is 6.94. The Balaban J connectivity index is 2.06. The van der Waals surface area contributed by atoms with Crippen molar-refractivity contribution in [1.82, 2.24) is 15.5 Å². The van der Waals surface area contributed by atoms with Crippen LogP contribution in [-0.4, -0.2) is 63.9 Å². The van der Waals surface area contributed by atoms with Crippen molar-refractivity contribution < 1.29 is 9.47 Å². The third-order valence-corrected chi connectivity index (χ3v) is 4.80. The number of ether oxygens (including phenoxy) is 2. The highest BCUT2D eigenvalue weighted by atomic mass is 16.5. The van der Waals surface area contributed by atoms with E-state index in [0.29, 0.717) is 6.54 Å². The fraction of sp³-hybridized carbons (Fsp3) is 0.650. The predicted octanol–water partition coefficient (Wildman–Crippen LogP) is 2.42. The van der Waals surface area contributed by atoms with Crippen LogP contribution in [0, 0.1) is 0 Å². The Morgan fingerprint density at radius 3 is 2.73 bits per heavy atom. The first-order chi connectivity index (χ1) is 12.5. The summed E-state index contributed by atoms with van der Waals surface area (Å²) >= 11 is 0. The molecule has 6 heteroatoms. The fourth-order valence-electron chi connectivity index (χ4n) is 3.26. The zero-order valence-corrected chi connectivity index (χ0v) is 16.8. The predicted molar refractivity (Wildman–Crippen MR) is 107 cm³/mol. The normalized spacial score (nSPS) is 21.7. The van der Waals surface area contributed by atoms with Crippen LogP contribution in [0.5, 0.6) is 5.75 Å². The molecule has 1 heterocycles. The largest absolute Gasteiger partial charge is 0.496 e. The van der Waals surface area contributed by atoms with E-state index >= 15 is 0 Å². The van der Waals surface area contributed by atoms with E-state index in [1.54, 1.807) is 7.11 Å². The number of aliphatic imine (C=N–C) groups is 1. The molecule has 2 atom stereocenters. The van der Waals surface area contributed by atoms with Crippen molar-refractivity contribution in [2.45, 2.75) is 38.3 Å². The molecule has 0 bridgehead atoms. The van der Waals surface area contributed by atoms with E-state index in [1.807, 2.05) is 18.2 Å². The number of methoxy groups -OCH3 is 1. The van der Waals surface area contributed by atoms with Crippen molar-refractivity contribution in [2.24, 2.45) is 4.99 Å². The fourth-order valence-corrected chi connectivity index (χ4v) is 3.26. The SMILES string of the molecule is CCNC(=NCC1(C)CCCO1)NCC(c1ccccc1OC)N(C)C. The molecular formula is C20H34N4O2. The molecule has 1 aliphatic heterocycles. The summed E-state index contributed by atoms with van der Waals surface area (Å²) in [6.45, 7) is 7.29. The number of guanidine groups is 1. The molecule has 0 spiro atoms. The minimum absolute atomic E-state index is 0.133. The lowest BCUT2D eigenvalue weighted by atomic mass is 10.0. The van der Waals surface area contributed by atoms with Crippen LogP contribution in [0.4, 0.5) is 0 Å². The van der Waals surface area contributed by atoms with Crippen molar-refractivity contribution in [3.8, 4) is 5.75 Å². The van der Waals surface area contributed by atoms with Crippen LogP contribution in [0.15, 0.2) is 29.3 Å². The molecular weight excluding hydrogens is 328 g/mol. The van der Waals surface area contributed by atoms with Gasteiger partial charge in [-0.05, 0) is 46.9 Å². The van der Waals surface area contributed by atoms with Crippen LogP contribution in [0.25, 0.3) is 0 Å². The first-order valence-corrected chi connectivity index (χ1v) is 9.44. The number of nitrogens with one attached hydrogen (secondary N) is 2. The molecule has 0 aliphatic carbocycles. The number of likely N-dealkylation sites (N-methyl/N-ethyl adjacent to an activating group) is 1. The first-order valence-electron chi connectivity index (χ1n) is 9.44. The van der Waals surface area contributed by atoms with Gasteiger partial charge in [0.15, 0.2) is 5.96 Å². The van der Waals surface area contributed by atoms with Gasteiger partial charge in [-0.15, -0.1) is 0 Å². The van der Waals surface area contributed by atoms with Gasteiger partial charge in [-0.3, -0.25) is 4.99 Å². The molecule has 1 fully saturated rings. The molecule has 2 N–H and O–H groups in total. The second kappa shape index (κ2) is 9.78. The van der Waals surface area contributed by atoms with Gasteiger partial charge >= 0.3 is 0 Å². The van der Waals surface area contributed by atoms with Crippen LogP contribution < -0.4 is 15.4 Å². The molecule has 0 radical (unpaired) electrons. The number of nitrogens with zero attached hydrogens (tertiary/aromatic N) is 2. The average molecular weight is 363 g/mol. The number of benzene rings is 1. The highest BCUT2D eigenvalue weighted by molar-refractivity contribution is 5.79. The zero-order valence-electron chi connectivity index (χ0n) is 16.8. The van der Waals surface area contributed by atoms with Gasteiger partial charge in [-0.25, -0.2) is 0 Å². The molecule has 1 aromatic carbocycles. The summed E-state index contributed by atoms with van der Waals surface area (Å²) < 4.78 is 11.4. The Bertz CT molecular complexity index is 583. The maximum atomic E-state index is 5.85. The Kier molecular flexibility index (Phi) is 7.72. The average Bonchev–Trinajstić information content (AvgIpc) is 3.06. The second-order valence-corrected chi connectivity index (χ2v) is 7.20.